The van der Waals surface area contributed by atoms with Crippen molar-refractivity contribution in [1.82, 2.24) is 10.2 Å². The molecular weight excluding hydrogens is 290 g/mol. The van der Waals surface area contributed by atoms with Gasteiger partial charge in [-0.3, -0.25) is 0 Å². The lowest BCUT2D eigenvalue weighted by molar-refractivity contribution is -0.0500. The van der Waals surface area contributed by atoms with E-state index in [9.17, 15) is 4.79 Å². The van der Waals surface area contributed by atoms with Crippen LogP contribution >= 0.6 is 0 Å². The van der Waals surface area contributed by atoms with E-state index in [0.717, 1.165) is 45.1 Å². The van der Waals surface area contributed by atoms with E-state index >= 15 is 0 Å². The first-order chi connectivity index (χ1) is 10.8. The first kappa shape index (κ1) is 17.0. The maximum Gasteiger partial charge on any atom is 0.410 e. The molecule has 1 aliphatic heterocycles. The molecule has 3 fully saturated rings. The Balaban J connectivity index is 1.60. The lowest BCUT2D eigenvalue weighted by atomic mass is 9.69. The van der Waals surface area contributed by atoms with Crippen molar-refractivity contribution in [2.75, 3.05) is 6.54 Å². The van der Waals surface area contributed by atoms with Gasteiger partial charge in [-0.2, -0.15) is 0 Å². The highest BCUT2D eigenvalue weighted by Crippen LogP contribution is 2.45. The Morgan fingerprint density at radius 2 is 1.96 bits per heavy atom. The van der Waals surface area contributed by atoms with Crippen LogP contribution in [0.4, 0.5) is 4.79 Å². The van der Waals surface area contributed by atoms with Gasteiger partial charge < -0.3 is 20.7 Å². The van der Waals surface area contributed by atoms with E-state index in [1.807, 2.05) is 25.7 Å². The van der Waals surface area contributed by atoms with Crippen molar-refractivity contribution in [1.29, 1.82) is 0 Å². The van der Waals surface area contributed by atoms with Crippen LogP contribution in [-0.4, -0.2) is 46.8 Å². The Kier molecular flexibility index (Phi) is 4.62. The molecule has 5 nitrogen and oxygen atoms in total. The minimum atomic E-state index is -0.420. The minimum absolute atomic E-state index is 0.0406. The van der Waals surface area contributed by atoms with Crippen LogP contribution in [0.2, 0.25) is 0 Å². The Morgan fingerprint density at radius 1 is 1.22 bits per heavy atom. The number of nitrogens with two attached hydrogens (primary N) is 1. The van der Waals surface area contributed by atoms with Gasteiger partial charge in [0.2, 0.25) is 0 Å². The third-order valence-electron chi connectivity index (χ3n) is 5.74. The van der Waals surface area contributed by atoms with Crippen molar-refractivity contribution in [2.45, 2.75) is 101 Å². The van der Waals surface area contributed by atoms with Crippen LogP contribution in [0.5, 0.6) is 0 Å². The molecule has 0 radical (unpaired) electrons. The molecule has 3 N–H and O–H groups in total. The molecule has 132 valence electrons. The molecular formula is C18H33N3O2. The molecule has 2 saturated carbocycles. The van der Waals surface area contributed by atoms with Crippen LogP contribution in [0.3, 0.4) is 0 Å². The summed E-state index contributed by atoms with van der Waals surface area (Å²) in [6.45, 7) is 6.63. The lowest BCUT2D eigenvalue weighted by Crippen LogP contribution is -2.64. The second-order valence-corrected chi connectivity index (χ2v) is 8.84. The average molecular weight is 323 g/mol. The zero-order chi connectivity index (χ0) is 16.7. The number of piperidine rings is 1. The molecule has 3 atom stereocenters. The summed E-state index contributed by atoms with van der Waals surface area (Å²) in [5, 5.41) is 3.82. The highest BCUT2D eigenvalue weighted by atomic mass is 16.6. The molecule has 1 saturated heterocycles. The summed E-state index contributed by atoms with van der Waals surface area (Å²) in [6, 6.07) is 1.46. The summed E-state index contributed by atoms with van der Waals surface area (Å²) in [5.41, 5.74) is 5.65. The lowest BCUT2D eigenvalue weighted by Gasteiger charge is -2.55. The topological polar surface area (TPSA) is 67.6 Å². The number of nitrogens with one attached hydrogen (secondary N) is 1. The number of carbonyl (C=O) groups excluding carboxylic acids is 1. The number of hydrogen-bond acceptors (Lipinski definition) is 4. The summed E-state index contributed by atoms with van der Waals surface area (Å²) in [5.74, 6) is 0. The number of hydrogen-bond donors (Lipinski definition) is 2. The molecule has 5 heteroatoms. The van der Waals surface area contributed by atoms with Gasteiger partial charge >= 0.3 is 6.09 Å². The quantitative estimate of drug-likeness (QED) is 0.820. The summed E-state index contributed by atoms with van der Waals surface area (Å²) in [4.78, 5) is 14.6. The maximum absolute atomic E-state index is 12.6. The van der Waals surface area contributed by atoms with Crippen molar-refractivity contribution < 1.29 is 9.53 Å². The van der Waals surface area contributed by atoms with Gasteiger partial charge in [0.05, 0.1) is 0 Å². The summed E-state index contributed by atoms with van der Waals surface area (Å²) in [7, 11) is 0. The van der Waals surface area contributed by atoms with E-state index in [0.29, 0.717) is 18.1 Å². The van der Waals surface area contributed by atoms with Crippen molar-refractivity contribution in [3.05, 3.63) is 0 Å². The van der Waals surface area contributed by atoms with Crippen LogP contribution in [0.25, 0.3) is 0 Å². The summed E-state index contributed by atoms with van der Waals surface area (Å²) in [6.07, 6.45) is 8.85. The second-order valence-electron chi connectivity index (χ2n) is 8.84. The average Bonchev–Trinajstić information content (AvgIpc) is 2.80. The van der Waals surface area contributed by atoms with Crippen molar-refractivity contribution in [2.24, 2.45) is 5.73 Å². The predicted octanol–water partition coefficient (Wildman–Crippen LogP) is 2.78. The minimum Gasteiger partial charge on any atom is -0.444 e. The molecule has 1 spiro atoms. The van der Waals surface area contributed by atoms with Gasteiger partial charge in [-0.15, -0.1) is 0 Å². The normalized spacial score (nSPS) is 33.6. The van der Waals surface area contributed by atoms with Gasteiger partial charge in [-0.1, -0.05) is 0 Å². The Morgan fingerprint density at radius 3 is 2.48 bits per heavy atom. The van der Waals surface area contributed by atoms with Crippen LogP contribution in [0, 0.1) is 0 Å². The van der Waals surface area contributed by atoms with E-state index in [1.54, 1.807) is 0 Å². The number of nitrogens with zero attached hydrogens (tertiary/aromatic N) is 1. The highest BCUT2D eigenvalue weighted by Gasteiger charge is 2.50. The summed E-state index contributed by atoms with van der Waals surface area (Å²) >= 11 is 0. The third-order valence-corrected chi connectivity index (χ3v) is 5.74. The van der Waals surface area contributed by atoms with Crippen LogP contribution in [0.15, 0.2) is 0 Å². The van der Waals surface area contributed by atoms with Gasteiger partial charge in [-0.05, 0) is 72.1 Å². The number of rotatable bonds is 2. The Bertz CT molecular complexity index is 442. The van der Waals surface area contributed by atoms with Gasteiger partial charge in [0.15, 0.2) is 0 Å². The van der Waals surface area contributed by atoms with Crippen molar-refractivity contribution in [3.63, 3.8) is 0 Å². The fourth-order valence-electron chi connectivity index (χ4n) is 4.50. The highest BCUT2D eigenvalue weighted by molar-refractivity contribution is 5.69. The molecule has 23 heavy (non-hydrogen) atoms. The first-order valence-electron chi connectivity index (χ1n) is 9.30. The number of carbonyl (C=O) groups is 1. The largest absolute Gasteiger partial charge is 0.444 e. The fraction of sp³-hybridized carbons (Fsp3) is 0.944. The van der Waals surface area contributed by atoms with Crippen LogP contribution in [0.1, 0.15) is 72.1 Å². The predicted molar refractivity (Wildman–Crippen MR) is 91.3 cm³/mol. The van der Waals surface area contributed by atoms with E-state index < -0.39 is 5.60 Å². The standard InChI is InChI=1S/C18H33N3O2/c1-17(2,3)23-16(22)21-10-7-15(12-18(21)8-4-9-18)20-14-6-5-13(19)11-14/h13-15,20H,4-12,19H2,1-3H3. The first-order valence-corrected chi connectivity index (χ1v) is 9.30. The SMILES string of the molecule is CC(C)(C)OC(=O)N1CCC(NC2CCC(N)C2)CC12CCC2. The smallest absolute Gasteiger partial charge is 0.410 e. The van der Waals surface area contributed by atoms with Crippen molar-refractivity contribution in [3.8, 4) is 0 Å². The molecule has 0 aromatic heterocycles. The molecule has 1 heterocycles. The second kappa shape index (κ2) is 6.25. The number of likely N-dealkylation sites (tertiary alicyclic amines) is 1. The molecule has 0 bridgehead atoms. The Hall–Kier alpha value is -0.810. The molecule has 1 amide bonds. The Labute approximate surface area is 140 Å². The van der Waals surface area contributed by atoms with Gasteiger partial charge in [0.25, 0.3) is 0 Å². The van der Waals surface area contributed by atoms with E-state index in [-0.39, 0.29) is 11.6 Å². The molecule has 3 rings (SSSR count). The van der Waals surface area contributed by atoms with Gasteiger partial charge in [0, 0.05) is 30.2 Å². The zero-order valence-electron chi connectivity index (χ0n) is 14.9. The molecule has 3 unspecified atom stereocenters. The zero-order valence-corrected chi connectivity index (χ0v) is 14.9. The monoisotopic (exact) mass is 323 g/mol. The van der Waals surface area contributed by atoms with Crippen molar-refractivity contribution >= 4 is 6.09 Å². The van der Waals surface area contributed by atoms with Crippen LogP contribution < -0.4 is 11.1 Å². The maximum atomic E-state index is 12.6. The van der Waals surface area contributed by atoms with E-state index in [1.165, 1.54) is 12.8 Å². The number of amides is 1. The summed E-state index contributed by atoms with van der Waals surface area (Å²) < 4.78 is 5.64. The molecule has 0 aromatic carbocycles. The van der Waals surface area contributed by atoms with Gasteiger partial charge in [0.1, 0.15) is 5.60 Å². The van der Waals surface area contributed by atoms with Gasteiger partial charge in [-0.25, -0.2) is 4.79 Å². The molecule has 3 aliphatic rings. The number of ether oxygens (including phenoxy) is 1. The molecule has 2 aliphatic carbocycles. The molecule has 0 aromatic rings. The fourth-order valence-corrected chi connectivity index (χ4v) is 4.50. The van der Waals surface area contributed by atoms with Crippen LogP contribution in [-0.2, 0) is 4.74 Å². The third kappa shape index (κ3) is 3.82. The van der Waals surface area contributed by atoms with E-state index in [2.05, 4.69) is 5.32 Å². The van der Waals surface area contributed by atoms with E-state index in [4.69, 9.17) is 10.5 Å².